The van der Waals surface area contributed by atoms with E-state index < -0.39 is 10.0 Å². The molecule has 2 rings (SSSR count). The zero-order chi connectivity index (χ0) is 14.8. The highest BCUT2D eigenvalue weighted by Crippen LogP contribution is 2.24. The first-order valence-corrected chi connectivity index (χ1v) is 8.35. The van der Waals surface area contributed by atoms with Crippen molar-refractivity contribution in [2.24, 2.45) is 0 Å². The van der Waals surface area contributed by atoms with E-state index in [1.54, 1.807) is 0 Å². The summed E-state index contributed by atoms with van der Waals surface area (Å²) < 4.78 is 26.6. The van der Waals surface area contributed by atoms with E-state index in [1.165, 1.54) is 10.5 Å². The van der Waals surface area contributed by atoms with Crippen LogP contribution in [0.4, 0.5) is 0 Å². The van der Waals surface area contributed by atoms with Crippen molar-refractivity contribution in [2.75, 3.05) is 26.2 Å². The molecule has 0 aromatic carbocycles. The minimum absolute atomic E-state index is 0.0141. The molecule has 1 aliphatic rings. The molecule has 2 N–H and O–H groups in total. The second-order valence-corrected chi connectivity index (χ2v) is 6.78. The maximum atomic E-state index is 12.5. The Kier molecular flexibility index (Phi) is 4.79. The highest BCUT2D eigenvalue weighted by Gasteiger charge is 2.36. The molecule has 0 spiro atoms. The van der Waals surface area contributed by atoms with Gasteiger partial charge in [-0.05, 0) is 19.5 Å². The lowest BCUT2D eigenvalue weighted by molar-refractivity contribution is 0.224. The molecule has 20 heavy (non-hydrogen) atoms. The van der Waals surface area contributed by atoms with Gasteiger partial charge in [0.1, 0.15) is 0 Å². The van der Waals surface area contributed by atoms with Gasteiger partial charge >= 0.3 is 0 Å². The molecule has 0 saturated carbocycles. The van der Waals surface area contributed by atoms with Gasteiger partial charge in [0.15, 0.2) is 5.03 Å². The number of H-pyrrole nitrogens is 1. The SMILES string of the molecule is CCN(CC)C1CCN(S(=O)(=O)c2[nH]ncc2CO)C1. The monoisotopic (exact) mass is 302 g/mol. The molecule has 1 aromatic heterocycles. The van der Waals surface area contributed by atoms with Crippen molar-refractivity contribution < 1.29 is 13.5 Å². The van der Waals surface area contributed by atoms with Crippen molar-refractivity contribution in [3.05, 3.63) is 11.8 Å². The summed E-state index contributed by atoms with van der Waals surface area (Å²) in [6.07, 6.45) is 2.19. The van der Waals surface area contributed by atoms with Crippen molar-refractivity contribution in [3.63, 3.8) is 0 Å². The van der Waals surface area contributed by atoms with Gasteiger partial charge in [0.05, 0.1) is 12.8 Å². The number of aromatic nitrogens is 2. The molecular weight excluding hydrogens is 280 g/mol. The van der Waals surface area contributed by atoms with E-state index in [4.69, 9.17) is 0 Å². The number of hydrogen-bond acceptors (Lipinski definition) is 5. The van der Waals surface area contributed by atoms with Gasteiger partial charge in [0.2, 0.25) is 0 Å². The largest absolute Gasteiger partial charge is 0.392 e. The Labute approximate surface area is 119 Å². The lowest BCUT2D eigenvalue weighted by Gasteiger charge is -2.25. The van der Waals surface area contributed by atoms with Crippen LogP contribution in [0, 0.1) is 0 Å². The molecule has 1 atom stereocenters. The Morgan fingerprint density at radius 2 is 2.20 bits per heavy atom. The summed E-state index contributed by atoms with van der Waals surface area (Å²) >= 11 is 0. The van der Waals surface area contributed by atoms with Gasteiger partial charge in [-0.3, -0.25) is 10.00 Å². The van der Waals surface area contributed by atoms with Gasteiger partial charge in [-0.25, -0.2) is 8.42 Å². The summed E-state index contributed by atoms with van der Waals surface area (Å²) in [5.74, 6) is 0. The van der Waals surface area contributed by atoms with E-state index in [0.29, 0.717) is 18.7 Å². The minimum Gasteiger partial charge on any atom is -0.392 e. The van der Waals surface area contributed by atoms with E-state index in [2.05, 4.69) is 28.9 Å². The number of aromatic amines is 1. The predicted molar refractivity (Wildman–Crippen MR) is 74.6 cm³/mol. The van der Waals surface area contributed by atoms with Crippen LogP contribution < -0.4 is 0 Å². The smallest absolute Gasteiger partial charge is 0.260 e. The highest BCUT2D eigenvalue weighted by molar-refractivity contribution is 7.89. The molecule has 8 heteroatoms. The Bertz CT molecular complexity index is 539. The molecule has 0 radical (unpaired) electrons. The number of hydrogen-bond donors (Lipinski definition) is 2. The maximum absolute atomic E-state index is 12.5. The summed E-state index contributed by atoms with van der Waals surface area (Å²) in [4.78, 5) is 2.27. The van der Waals surface area contributed by atoms with Crippen molar-refractivity contribution in [3.8, 4) is 0 Å². The zero-order valence-corrected chi connectivity index (χ0v) is 12.7. The molecule has 1 saturated heterocycles. The molecule has 7 nitrogen and oxygen atoms in total. The van der Waals surface area contributed by atoms with Crippen molar-refractivity contribution in [2.45, 2.75) is 37.9 Å². The van der Waals surface area contributed by atoms with Crippen LogP contribution in [-0.2, 0) is 16.6 Å². The first-order valence-electron chi connectivity index (χ1n) is 6.91. The molecule has 1 fully saturated rings. The fraction of sp³-hybridized carbons (Fsp3) is 0.750. The molecule has 1 aliphatic heterocycles. The van der Waals surface area contributed by atoms with Crippen molar-refractivity contribution in [1.82, 2.24) is 19.4 Å². The van der Waals surface area contributed by atoms with E-state index in [9.17, 15) is 13.5 Å². The first kappa shape index (κ1) is 15.4. The van der Waals surface area contributed by atoms with Crippen LogP contribution in [0.15, 0.2) is 11.2 Å². The molecule has 2 heterocycles. The lowest BCUT2D eigenvalue weighted by Crippen LogP contribution is -2.38. The second kappa shape index (κ2) is 6.21. The van der Waals surface area contributed by atoms with Gasteiger partial charge in [-0.15, -0.1) is 0 Å². The van der Waals surface area contributed by atoms with Crippen LogP contribution in [0.25, 0.3) is 0 Å². The number of aliphatic hydroxyl groups excluding tert-OH is 1. The minimum atomic E-state index is -3.59. The third-order valence-electron chi connectivity index (χ3n) is 3.90. The van der Waals surface area contributed by atoms with Crippen LogP contribution in [0.5, 0.6) is 0 Å². The Hall–Kier alpha value is -0.960. The van der Waals surface area contributed by atoms with Crippen LogP contribution in [0.2, 0.25) is 0 Å². The molecule has 1 unspecified atom stereocenters. The number of sulfonamides is 1. The molecule has 1 aromatic rings. The van der Waals surface area contributed by atoms with Crippen LogP contribution in [0.1, 0.15) is 25.8 Å². The number of likely N-dealkylation sites (N-methyl/N-ethyl adjacent to an activating group) is 1. The van der Waals surface area contributed by atoms with Gasteiger partial charge in [-0.1, -0.05) is 13.8 Å². The number of aliphatic hydroxyl groups is 1. The number of nitrogens with one attached hydrogen (secondary N) is 1. The Balaban J connectivity index is 2.17. The lowest BCUT2D eigenvalue weighted by atomic mass is 10.2. The standard InChI is InChI=1S/C12H22N4O3S/c1-3-15(4-2)11-5-6-16(8-11)20(18,19)12-10(9-17)7-13-14-12/h7,11,17H,3-6,8-9H2,1-2H3,(H,13,14). The first-order chi connectivity index (χ1) is 9.54. The third kappa shape index (κ3) is 2.73. The number of rotatable bonds is 6. The molecule has 114 valence electrons. The normalized spacial score (nSPS) is 20.9. The van der Waals surface area contributed by atoms with Crippen molar-refractivity contribution in [1.29, 1.82) is 0 Å². The second-order valence-electron chi connectivity index (χ2n) is 4.91. The molecular formula is C12H22N4O3S. The quantitative estimate of drug-likeness (QED) is 0.772. The predicted octanol–water partition coefficient (Wildman–Crippen LogP) is 0.00680. The van der Waals surface area contributed by atoms with Gasteiger partial charge in [0, 0.05) is 24.7 Å². The maximum Gasteiger partial charge on any atom is 0.260 e. The zero-order valence-electron chi connectivity index (χ0n) is 11.9. The fourth-order valence-electron chi connectivity index (χ4n) is 2.73. The average molecular weight is 302 g/mol. The van der Waals surface area contributed by atoms with Crippen LogP contribution in [-0.4, -0.2) is 65.1 Å². The molecule has 0 bridgehead atoms. The number of nitrogens with zero attached hydrogens (tertiary/aromatic N) is 3. The Morgan fingerprint density at radius 3 is 2.80 bits per heavy atom. The van der Waals surface area contributed by atoms with E-state index >= 15 is 0 Å². The summed E-state index contributed by atoms with van der Waals surface area (Å²) in [5, 5.41) is 15.4. The summed E-state index contributed by atoms with van der Waals surface area (Å²) in [7, 11) is -3.59. The molecule has 0 amide bonds. The third-order valence-corrected chi connectivity index (χ3v) is 5.78. The van der Waals surface area contributed by atoms with Crippen LogP contribution >= 0.6 is 0 Å². The van der Waals surface area contributed by atoms with E-state index in [1.807, 2.05) is 0 Å². The van der Waals surface area contributed by atoms with E-state index in [-0.39, 0.29) is 17.7 Å². The topological polar surface area (TPSA) is 89.5 Å². The summed E-state index contributed by atoms with van der Waals surface area (Å²) in [5.41, 5.74) is 0.316. The summed E-state index contributed by atoms with van der Waals surface area (Å²) in [6.45, 7) is 6.67. The average Bonchev–Trinajstić information content (AvgIpc) is 3.09. The summed E-state index contributed by atoms with van der Waals surface area (Å²) in [6, 6.07) is 0.264. The van der Waals surface area contributed by atoms with Gasteiger partial charge < -0.3 is 5.11 Å². The van der Waals surface area contributed by atoms with Gasteiger partial charge in [0.25, 0.3) is 10.0 Å². The molecule has 0 aliphatic carbocycles. The van der Waals surface area contributed by atoms with E-state index in [0.717, 1.165) is 19.5 Å². The fourth-order valence-corrected chi connectivity index (χ4v) is 4.32. The Morgan fingerprint density at radius 1 is 1.50 bits per heavy atom. The van der Waals surface area contributed by atoms with Gasteiger partial charge in [-0.2, -0.15) is 9.40 Å². The highest BCUT2D eigenvalue weighted by atomic mass is 32.2. The van der Waals surface area contributed by atoms with Crippen LogP contribution in [0.3, 0.4) is 0 Å². The van der Waals surface area contributed by atoms with Crippen molar-refractivity contribution >= 4 is 10.0 Å².